The summed E-state index contributed by atoms with van der Waals surface area (Å²) in [6.07, 6.45) is 67.8. The molecule has 0 rings (SSSR count). The number of rotatable bonds is 61. The van der Waals surface area contributed by atoms with E-state index in [1.807, 2.05) is 21.1 Å². The summed E-state index contributed by atoms with van der Waals surface area (Å²) in [6, 6.07) is 0. The van der Waals surface area contributed by atoms with Gasteiger partial charge in [0.25, 0.3) is 0 Å². The van der Waals surface area contributed by atoms with Crippen LogP contribution in [0.5, 0.6) is 0 Å². The maximum Gasteiger partial charge on any atom is 0.472 e. The molecule has 0 aromatic carbocycles. The van der Waals surface area contributed by atoms with E-state index in [-0.39, 0.29) is 25.6 Å². The molecule has 74 heavy (non-hydrogen) atoms. The molecule has 0 saturated carbocycles. The summed E-state index contributed by atoms with van der Waals surface area (Å²) < 4.78 is 34.5. The third-order valence-corrected chi connectivity index (χ3v) is 15.8. The summed E-state index contributed by atoms with van der Waals surface area (Å²) in [4.78, 5) is 35.5. The molecule has 0 amide bonds. The fourth-order valence-corrected chi connectivity index (χ4v) is 10.5. The molecule has 0 aliphatic heterocycles. The Balaban J connectivity index is 3.76. The average molecular weight is 1070 g/mol. The fourth-order valence-electron chi connectivity index (χ4n) is 9.77. The van der Waals surface area contributed by atoms with E-state index >= 15 is 0 Å². The van der Waals surface area contributed by atoms with Crippen molar-refractivity contribution in [3.05, 3.63) is 12.2 Å². The molecule has 0 fully saturated rings. The van der Waals surface area contributed by atoms with Crippen LogP contribution in [0.4, 0.5) is 0 Å². The van der Waals surface area contributed by atoms with Crippen molar-refractivity contribution in [3.63, 3.8) is 0 Å². The molecule has 9 nitrogen and oxygen atoms in total. The minimum absolute atomic E-state index is 0.0334. The molecule has 0 aliphatic carbocycles. The van der Waals surface area contributed by atoms with Gasteiger partial charge in [-0.1, -0.05) is 302 Å². The minimum atomic E-state index is -4.38. The number of hydrogen-bond acceptors (Lipinski definition) is 7. The van der Waals surface area contributed by atoms with Gasteiger partial charge in [-0.15, -0.1) is 0 Å². The van der Waals surface area contributed by atoms with Gasteiger partial charge in [0.15, 0.2) is 6.10 Å². The lowest BCUT2D eigenvalue weighted by molar-refractivity contribution is -0.870. The van der Waals surface area contributed by atoms with Gasteiger partial charge in [-0.2, -0.15) is 0 Å². The van der Waals surface area contributed by atoms with Crippen molar-refractivity contribution in [2.45, 2.75) is 341 Å². The van der Waals surface area contributed by atoms with Crippen LogP contribution >= 0.6 is 7.82 Å². The number of allylic oxidation sites excluding steroid dienone is 2. The van der Waals surface area contributed by atoms with Crippen LogP contribution in [0, 0.1) is 0 Å². The van der Waals surface area contributed by atoms with Gasteiger partial charge in [-0.05, 0) is 32.1 Å². The lowest BCUT2D eigenvalue weighted by Crippen LogP contribution is -2.37. The van der Waals surface area contributed by atoms with Gasteiger partial charge in [0.1, 0.15) is 19.8 Å². The van der Waals surface area contributed by atoms with E-state index in [9.17, 15) is 19.0 Å². The molecular weight excluding hydrogens is 942 g/mol. The summed E-state index contributed by atoms with van der Waals surface area (Å²) in [6.45, 7) is 4.43. The standard InChI is InChI=1S/C64H126NO8P/c1-6-8-10-12-14-16-18-19-20-21-22-23-24-25-26-27-28-29-30-31-32-33-34-35-36-37-38-39-40-41-42-43-44-45-47-48-50-52-54-56-63(66)70-60-62(61-72-74(68,69)71-59-58-65(3,4)5)73-64(67)57-55-53-51-49-46-17-15-13-11-9-7-2/h13,15,62H,6-12,14,16-61H2,1-5H3/p+1/b15-13-. The molecule has 0 saturated heterocycles. The van der Waals surface area contributed by atoms with Gasteiger partial charge >= 0.3 is 19.8 Å². The highest BCUT2D eigenvalue weighted by atomic mass is 31.2. The first-order valence-corrected chi connectivity index (χ1v) is 33.9. The smallest absolute Gasteiger partial charge is 0.462 e. The second-order valence-corrected chi connectivity index (χ2v) is 25.0. The van der Waals surface area contributed by atoms with Crippen molar-refractivity contribution in [1.29, 1.82) is 0 Å². The number of carbonyl (C=O) groups excluding carboxylic acids is 2. The lowest BCUT2D eigenvalue weighted by atomic mass is 10.0. The monoisotopic (exact) mass is 1070 g/mol. The molecule has 0 spiro atoms. The van der Waals surface area contributed by atoms with E-state index in [0.717, 1.165) is 57.8 Å². The Bertz CT molecular complexity index is 1260. The zero-order valence-electron chi connectivity index (χ0n) is 50.1. The maximum absolute atomic E-state index is 12.7. The zero-order valence-corrected chi connectivity index (χ0v) is 51.0. The average Bonchev–Trinajstić information content (AvgIpc) is 3.36. The second-order valence-electron chi connectivity index (χ2n) is 23.5. The number of unbranched alkanes of at least 4 members (excludes halogenated alkanes) is 45. The molecule has 2 unspecified atom stereocenters. The molecular formula is C64H127NO8P+. The van der Waals surface area contributed by atoms with Crippen molar-refractivity contribution < 1.29 is 42.1 Å². The summed E-state index contributed by atoms with van der Waals surface area (Å²) in [7, 11) is 1.49. The van der Waals surface area contributed by atoms with Gasteiger partial charge in [-0.3, -0.25) is 18.6 Å². The first-order chi connectivity index (χ1) is 36.0. The largest absolute Gasteiger partial charge is 0.472 e. The highest BCUT2D eigenvalue weighted by Crippen LogP contribution is 2.43. The Labute approximate surface area is 460 Å². The summed E-state index contributed by atoms with van der Waals surface area (Å²) >= 11 is 0. The highest BCUT2D eigenvalue weighted by Gasteiger charge is 2.27. The van der Waals surface area contributed by atoms with Crippen LogP contribution in [0.1, 0.15) is 335 Å². The van der Waals surface area contributed by atoms with Gasteiger partial charge < -0.3 is 18.9 Å². The Morgan fingerprint density at radius 1 is 0.405 bits per heavy atom. The molecule has 0 aliphatic rings. The number of nitrogens with zero attached hydrogens (tertiary/aromatic N) is 1. The number of ether oxygens (including phenoxy) is 2. The Hall–Kier alpha value is -1.25. The molecule has 10 heteroatoms. The van der Waals surface area contributed by atoms with Crippen molar-refractivity contribution >= 4 is 19.8 Å². The van der Waals surface area contributed by atoms with Crippen molar-refractivity contribution in [2.75, 3.05) is 47.5 Å². The predicted octanol–water partition coefficient (Wildman–Crippen LogP) is 20.4. The zero-order chi connectivity index (χ0) is 54.2. The van der Waals surface area contributed by atoms with Crippen LogP contribution in [0.3, 0.4) is 0 Å². The van der Waals surface area contributed by atoms with Crippen LogP contribution in [-0.4, -0.2) is 74.9 Å². The van der Waals surface area contributed by atoms with Gasteiger partial charge in [0.05, 0.1) is 27.7 Å². The van der Waals surface area contributed by atoms with Crippen molar-refractivity contribution in [2.24, 2.45) is 0 Å². The molecule has 0 radical (unpaired) electrons. The van der Waals surface area contributed by atoms with E-state index < -0.39 is 26.5 Å². The van der Waals surface area contributed by atoms with E-state index in [1.54, 1.807) is 0 Å². The van der Waals surface area contributed by atoms with E-state index in [1.165, 1.54) is 244 Å². The van der Waals surface area contributed by atoms with Crippen LogP contribution in [0.25, 0.3) is 0 Å². The summed E-state index contributed by atoms with van der Waals surface area (Å²) in [5.74, 6) is -0.793. The molecule has 0 aromatic rings. The quantitative estimate of drug-likeness (QED) is 0.0211. The fraction of sp³-hybridized carbons (Fsp3) is 0.938. The third-order valence-electron chi connectivity index (χ3n) is 14.8. The van der Waals surface area contributed by atoms with E-state index in [0.29, 0.717) is 23.9 Å². The summed E-state index contributed by atoms with van der Waals surface area (Å²) in [5, 5.41) is 0. The van der Waals surface area contributed by atoms with Gasteiger partial charge in [-0.25, -0.2) is 4.57 Å². The Morgan fingerprint density at radius 2 is 0.703 bits per heavy atom. The minimum Gasteiger partial charge on any atom is -0.462 e. The van der Waals surface area contributed by atoms with Gasteiger partial charge in [0, 0.05) is 12.8 Å². The number of carbonyl (C=O) groups is 2. The van der Waals surface area contributed by atoms with Crippen LogP contribution < -0.4 is 0 Å². The predicted molar refractivity (Wildman–Crippen MR) is 317 cm³/mol. The first kappa shape index (κ1) is 72.8. The van der Waals surface area contributed by atoms with Crippen molar-refractivity contribution in [1.82, 2.24) is 0 Å². The number of likely N-dealkylation sites (N-methyl/N-ethyl adjacent to an activating group) is 1. The third kappa shape index (κ3) is 60.0. The lowest BCUT2D eigenvalue weighted by Gasteiger charge is -2.24. The normalized spacial score (nSPS) is 13.2. The SMILES string of the molecule is CCCC/C=C\CCCCCCCC(=O)OC(COC(=O)CCCCCCCCCCCCCCCCCCCCCCCCCCCCCCCCCCCCCCCCC)COP(=O)(O)OCC[N+](C)(C)C. The van der Waals surface area contributed by atoms with Gasteiger partial charge in [0.2, 0.25) is 0 Å². The topological polar surface area (TPSA) is 108 Å². The van der Waals surface area contributed by atoms with Crippen molar-refractivity contribution in [3.8, 4) is 0 Å². The maximum atomic E-state index is 12.7. The molecule has 0 aromatic heterocycles. The second kappa shape index (κ2) is 56.5. The van der Waals surface area contributed by atoms with Crippen LogP contribution in [0.15, 0.2) is 12.2 Å². The van der Waals surface area contributed by atoms with Crippen LogP contribution in [0.2, 0.25) is 0 Å². The molecule has 0 bridgehead atoms. The molecule has 0 heterocycles. The van der Waals surface area contributed by atoms with E-state index in [4.69, 9.17) is 18.5 Å². The first-order valence-electron chi connectivity index (χ1n) is 32.4. The molecule has 1 N–H and O–H groups in total. The van der Waals surface area contributed by atoms with Crippen LogP contribution in [-0.2, 0) is 32.7 Å². The number of quaternary nitrogens is 1. The highest BCUT2D eigenvalue weighted by molar-refractivity contribution is 7.47. The summed E-state index contributed by atoms with van der Waals surface area (Å²) in [5.41, 5.74) is 0. The number of hydrogen-bond donors (Lipinski definition) is 1. The van der Waals surface area contributed by atoms with E-state index in [2.05, 4.69) is 26.0 Å². The number of esters is 2. The Morgan fingerprint density at radius 3 is 1.04 bits per heavy atom. The molecule has 440 valence electrons. The number of phosphoric ester groups is 1. The molecule has 2 atom stereocenters. The Kier molecular flexibility index (Phi) is 55.5. The number of phosphoric acid groups is 1.